The molecule has 2 aliphatic heterocycles. The number of hydrogen-bond donors (Lipinski definition) is 0. The largest absolute Gasteiger partial charge is 0.339 e. The van der Waals surface area contributed by atoms with E-state index < -0.39 is 9.84 Å². The Morgan fingerprint density at radius 1 is 1.32 bits per heavy atom. The lowest BCUT2D eigenvalue weighted by Gasteiger charge is -2.27. The Balaban J connectivity index is 1.62. The van der Waals surface area contributed by atoms with Gasteiger partial charge < -0.3 is 4.90 Å². The molecule has 2 fully saturated rings. The molecule has 0 spiro atoms. The average Bonchev–Trinajstić information content (AvgIpc) is 3.19. The molecular weight excluding hydrogens is 452 g/mol. The number of thioether (sulfide) groups is 1. The Labute approximate surface area is 194 Å². The molecule has 3 rings (SSSR count). The number of thiocarbonyl (C=S) groups is 1. The Hall–Kier alpha value is -1.71. The van der Waals surface area contributed by atoms with Crippen LogP contribution in [0.1, 0.15) is 50.7 Å². The molecule has 168 valence electrons. The van der Waals surface area contributed by atoms with Gasteiger partial charge in [-0.15, -0.1) is 0 Å². The van der Waals surface area contributed by atoms with Gasteiger partial charge in [0, 0.05) is 25.6 Å². The Bertz CT molecular complexity index is 1000. The summed E-state index contributed by atoms with van der Waals surface area (Å²) in [6, 6.07) is 7.81. The quantitative estimate of drug-likeness (QED) is 0.440. The highest BCUT2D eigenvalue weighted by Gasteiger charge is 2.35. The molecule has 9 heteroatoms. The minimum atomic E-state index is -3.07. The number of carbonyl (C=O) groups is 2. The fraction of sp³-hybridized carbons (Fsp3) is 0.500. The monoisotopic (exact) mass is 480 g/mol. The molecule has 31 heavy (non-hydrogen) atoms. The van der Waals surface area contributed by atoms with E-state index in [2.05, 4.69) is 26.0 Å². The molecular formula is C22H28N2O4S3. The summed E-state index contributed by atoms with van der Waals surface area (Å²) in [6.45, 7) is 6.75. The maximum atomic E-state index is 12.8. The molecule has 0 saturated carbocycles. The Morgan fingerprint density at radius 3 is 2.55 bits per heavy atom. The molecule has 6 nitrogen and oxygen atoms in total. The smallest absolute Gasteiger partial charge is 0.266 e. The van der Waals surface area contributed by atoms with E-state index in [9.17, 15) is 18.0 Å². The van der Waals surface area contributed by atoms with Crippen molar-refractivity contribution in [3.8, 4) is 0 Å². The molecule has 2 saturated heterocycles. The van der Waals surface area contributed by atoms with E-state index in [-0.39, 0.29) is 42.3 Å². The summed E-state index contributed by atoms with van der Waals surface area (Å²) in [7, 11) is -3.07. The first kappa shape index (κ1) is 23.9. The molecule has 2 aliphatic rings. The van der Waals surface area contributed by atoms with E-state index >= 15 is 0 Å². The SMILES string of the molecule is CCN(C(=O)CCN1C(=O)/C(=C/c2ccc(C(C)C)cc2)SC1=S)C1CCS(=O)(=O)C1. The van der Waals surface area contributed by atoms with Gasteiger partial charge >= 0.3 is 0 Å². The fourth-order valence-electron chi connectivity index (χ4n) is 3.83. The van der Waals surface area contributed by atoms with Gasteiger partial charge in [-0.25, -0.2) is 8.42 Å². The van der Waals surface area contributed by atoms with E-state index in [0.29, 0.717) is 28.1 Å². The lowest BCUT2D eigenvalue weighted by atomic mass is 10.0. The van der Waals surface area contributed by atoms with Crippen LogP contribution in [0.2, 0.25) is 0 Å². The van der Waals surface area contributed by atoms with Crippen LogP contribution < -0.4 is 0 Å². The van der Waals surface area contributed by atoms with Crippen LogP contribution in [-0.4, -0.2) is 65.0 Å². The molecule has 0 aliphatic carbocycles. The normalized spacial score (nSPS) is 22.0. The van der Waals surface area contributed by atoms with Crippen molar-refractivity contribution in [1.82, 2.24) is 9.80 Å². The highest BCUT2D eigenvalue weighted by Crippen LogP contribution is 2.33. The van der Waals surface area contributed by atoms with E-state index in [1.54, 1.807) is 4.90 Å². The molecule has 0 radical (unpaired) electrons. The maximum absolute atomic E-state index is 12.8. The third-order valence-corrected chi connectivity index (χ3v) is 8.76. The first-order chi connectivity index (χ1) is 14.6. The Kier molecular flexibility index (Phi) is 7.59. The number of carbonyl (C=O) groups excluding carboxylic acids is 2. The summed E-state index contributed by atoms with van der Waals surface area (Å²) in [5.74, 6) is 0.247. The fourth-order valence-corrected chi connectivity index (χ4v) is 6.87. The van der Waals surface area contributed by atoms with Crippen molar-refractivity contribution in [2.45, 2.75) is 45.6 Å². The van der Waals surface area contributed by atoms with Gasteiger partial charge in [-0.1, -0.05) is 62.1 Å². The number of amides is 2. The molecule has 0 aromatic heterocycles. The van der Waals surface area contributed by atoms with Crippen molar-refractivity contribution in [3.05, 3.63) is 40.3 Å². The van der Waals surface area contributed by atoms with Gasteiger partial charge in [-0.3, -0.25) is 14.5 Å². The zero-order valence-electron chi connectivity index (χ0n) is 18.0. The van der Waals surface area contributed by atoms with Crippen LogP contribution in [-0.2, 0) is 19.4 Å². The summed E-state index contributed by atoms with van der Waals surface area (Å²) < 4.78 is 24.0. The minimum Gasteiger partial charge on any atom is -0.339 e. The molecule has 1 aromatic carbocycles. The second kappa shape index (κ2) is 9.83. The summed E-state index contributed by atoms with van der Waals surface area (Å²) in [5, 5.41) is 0. The Morgan fingerprint density at radius 2 is 2.00 bits per heavy atom. The first-order valence-corrected chi connectivity index (χ1v) is 13.5. The van der Waals surface area contributed by atoms with Crippen LogP contribution in [0.3, 0.4) is 0 Å². The molecule has 1 unspecified atom stereocenters. The maximum Gasteiger partial charge on any atom is 0.266 e. The van der Waals surface area contributed by atoms with Crippen molar-refractivity contribution in [2.75, 3.05) is 24.6 Å². The minimum absolute atomic E-state index is 0.0198. The second-order valence-corrected chi connectivity index (χ2v) is 12.0. The van der Waals surface area contributed by atoms with Crippen molar-refractivity contribution >= 4 is 56.0 Å². The molecule has 2 heterocycles. The van der Waals surface area contributed by atoms with Gasteiger partial charge in [-0.2, -0.15) is 0 Å². The van der Waals surface area contributed by atoms with Crippen LogP contribution in [0.15, 0.2) is 29.2 Å². The van der Waals surface area contributed by atoms with Gasteiger partial charge in [0.2, 0.25) is 5.91 Å². The van der Waals surface area contributed by atoms with E-state index in [0.717, 1.165) is 5.56 Å². The van der Waals surface area contributed by atoms with Crippen LogP contribution in [0.4, 0.5) is 0 Å². The van der Waals surface area contributed by atoms with Crippen molar-refractivity contribution in [2.24, 2.45) is 0 Å². The highest BCUT2D eigenvalue weighted by atomic mass is 32.2. The number of benzene rings is 1. The van der Waals surface area contributed by atoms with Gasteiger partial charge in [-0.05, 0) is 36.5 Å². The van der Waals surface area contributed by atoms with Gasteiger partial charge in [0.1, 0.15) is 4.32 Å². The van der Waals surface area contributed by atoms with E-state index in [1.165, 1.54) is 22.2 Å². The lowest BCUT2D eigenvalue weighted by Crippen LogP contribution is -2.42. The molecule has 0 N–H and O–H groups in total. The van der Waals surface area contributed by atoms with Gasteiger partial charge in [0.05, 0.1) is 16.4 Å². The van der Waals surface area contributed by atoms with Crippen LogP contribution in [0.25, 0.3) is 6.08 Å². The third kappa shape index (κ3) is 5.75. The topological polar surface area (TPSA) is 74.8 Å². The lowest BCUT2D eigenvalue weighted by molar-refractivity contribution is -0.133. The average molecular weight is 481 g/mol. The van der Waals surface area contributed by atoms with E-state index in [4.69, 9.17) is 12.2 Å². The molecule has 1 aromatic rings. The summed E-state index contributed by atoms with van der Waals surface area (Å²) >= 11 is 6.61. The summed E-state index contributed by atoms with van der Waals surface area (Å²) in [5.41, 5.74) is 2.17. The van der Waals surface area contributed by atoms with Crippen molar-refractivity contribution < 1.29 is 18.0 Å². The standard InChI is InChI=1S/C22H28N2O4S3/c1-4-23(18-10-12-31(27,28)14-18)20(25)9-11-24-21(26)19(30-22(24)29)13-16-5-7-17(8-6-16)15(2)3/h5-8,13,15,18H,4,9-12,14H2,1-3H3/b19-13-. The highest BCUT2D eigenvalue weighted by molar-refractivity contribution is 8.26. The zero-order chi connectivity index (χ0) is 22.8. The number of rotatable bonds is 7. The predicted octanol–water partition coefficient (Wildman–Crippen LogP) is 3.44. The predicted molar refractivity (Wildman–Crippen MR) is 129 cm³/mol. The number of hydrogen-bond acceptors (Lipinski definition) is 6. The van der Waals surface area contributed by atoms with Crippen LogP contribution in [0, 0.1) is 0 Å². The second-order valence-electron chi connectivity index (χ2n) is 8.14. The zero-order valence-corrected chi connectivity index (χ0v) is 20.5. The van der Waals surface area contributed by atoms with Gasteiger partial charge in [0.15, 0.2) is 9.84 Å². The van der Waals surface area contributed by atoms with E-state index in [1.807, 2.05) is 25.1 Å². The van der Waals surface area contributed by atoms with Crippen LogP contribution >= 0.6 is 24.0 Å². The number of sulfone groups is 1. The third-order valence-electron chi connectivity index (χ3n) is 5.63. The summed E-state index contributed by atoms with van der Waals surface area (Å²) in [6.07, 6.45) is 2.42. The van der Waals surface area contributed by atoms with Crippen molar-refractivity contribution in [3.63, 3.8) is 0 Å². The van der Waals surface area contributed by atoms with Gasteiger partial charge in [0.25, 0.3) is 5.91 Å². The van der Waals surface area contributed by atoms with Crippen molar-refractivity contribution in [1.29, 1.82) is 0 Å². The molecule has 2 amide bonds. The number of nitrogens with zero attached hydrogens (tertiary/aromatic N) is 2. The first-order valence-electron chi connectivity index (χ1n) is 10.5. The summed E-state index contributed by atoms with van der Waals surface area (Å²) in [4.78, 5) is 29.2. The van der Waals surface area contributed by atoms with Crippen LogP contribution in [0.5, 0.6) is 0 Å². The molecule has 1 atom stereocenters. The molecule has 0 bridgehead atoms.